The Morgan fingerprint density at radius 3 is 2.59 bits per heavy atom. The molecular weight excluding hydrogens is 358 g/mol. The summed E-state index contributed by atoms with van der Waals surface area (Å²) in [6.07, 6.45) is 4.20. The van der Waals surface area contributed by atoms with Crippen LogP contribution in [0, 0.1) is 0 Å². The maximum Gasteiger partial charge on any atom is 0.141 e. The molecule has 4 rings (SSSR count). The van der Waals surface area contributed by atoms with Gasteiger partial charge in [-0.15, -0.1) is 0 Å². The Labute approximate surface area is 164 Å². The van der Waals surface area contributed by atoms with Gasteiger partial charge in [0.15, 0.2) is 0 Å². The van der Waals surface area contributed by atoms with E-state index in [4.69, 9.17) is 14.8 Å². The van der Waals surface area contributed by atoms with Crippen molar-refractivity contribution in [2.24, 2.45) is 4.99 Å². The fourth-order valence-corrected chi connectivity index (χ4v) is 4.18. The summed E-state index contributed by atoms with van der Waals surface area (Å²) < 4.78 is 5.37. The molecule has 0 unspecified atom stereocenters. The molecular formula is C21H23N3O2S. The van der Waals surface area contributed by atoms with E-state index in [9.17, 15) is 0 Å². The van der Waals surface area contributed by atoms with E-state index >= 15 is 0 Å². The van der Waals surface area contributed by atoms with Crippen LogP contribution in [0.1, 0.15) is 5.56 Å². The van der Waals surface area contributed by atoms with Gasteiger partial charge in [-0.1, -0.05) is 42.1 Å². The number of para-hydroxylation sites is 1. The predicted octanol–water partition coefficient (Wildman–Crippen LogP) is 3.33. The molecule has 140 valence electrons. The van der Waals surface area contributed by atoms with Gasteiger partial charge >= 0.3 is 0 Å². The molecule has 0 saturated carbocycles. The highest BCUT2D eigenvalue weighted by atomic mass is 32.2. The molecule has 6 heteroatoms. The summed E-state index contributed by atoms with van der Waals surface area (Å²) >= 11 is 1.77. The zero-order valence-corrected chi connectivity index (χ0v) is 15.9. The van der Waals surface area contributed by atoms with Gasteiger partial charge in [0.1, 0.15) is 5.84 Å². The van der Waals surface area contributed by atoms with Gasteiger partial charge in [-0.3, -0.25) is 0 Å². The molecule has 0 aliphatic carbocycles. The molecule has 0 saturated heterocycles. The van der Waals surface area contributed by atoms with Crippen LogP contribution in [0.2, 0.25) is 0 Å². The second-order valence-electron chi connectivity index (χ2n) is 6.36. The smallest absolute Gasteiger partial charge is 0.141 e. The molecule has 0 fully saturated rings. The number of nitrogens with zero attached hydrogens (tertiary/aromatic N) is 3. The van der Waals surface area contributed by atoms with Crippen molar-refractivity contribution in [1.82, 2.24) is 9.80 Å². The number of aliphatic hydroxyl groups is 1. The summed E-state index contributed by atoms with van der Waals surface area (Å²) in [4.78, 5) is 11.9. The quantitative estimate of drug-likeness (QED) is 0.805. The highest BCUT2D eigenvalue weighted by Gasteiger charge is 2.22. The molecule has 2 heterocycles. The third-order valence-corrected chi connectivity index (χ3v) is 5.70. The summed E-state index contributed by atoms with van der Waals surface area (Å²) in [5, 5.41) is 8.78. The lowest BCUT2D eigenvalue weighted by Crippen LogP contribution is -2.39. The Morgan fingerprint density at radius 1 is 0.963 bits per heavy atom. The predicted molar refractivity (Wildman–Crippen MR) is 109 cm³/mol. The van der Waals surface area contributed by atoms with Gasteiger partial charge in [0.2, 0.25) is 0 Å². The molecule has 2 aromatic carbocycles. The molecule has 0 spiro atoms. The van der Waals surface area contributed by atoms with E-state index < -0.39 is 0 Å². The Balaban J connectivity index is 1.57. The summed E-state index contributed by atoms with van der Waals surface area (Å²) in [7, 11) is 0. The average Bonchev–Trinajstić information content (AvgIpc) is 2.88. The molecule has 1 N–H and O–H groups in total. The van der Waals surface area contributed by atoms with Gasteiger partial charge in [-0.25, -0.2) is 4.99 Å². The zero-order chi connectivity index (χ0) is 18.5. The zero-order valence-electron chi connectivity index (χ0n) is 15.1. The highest BCUT2D eigenvalue weighted by Crippen LogP contribution is 2.40. The first kappa shape index (κ1) is 18.1. The number of rotatable bonds is 5. The van der Waals surface area contributed by atoms with E-state index in [1.807, 2.05) is 6.07 Å². The van der Waals surface area contributed by atoms with Crippen molar-refractivity contribution in [2.75, 3.05) is 39.5 Å². The number of hydrogen-bond donors (Lipinski definition) is 1. The minimum absolute atomic E-state index is 0.0718. The van der Waals surface area contributed by atoms with Gasteiger partial charge in [-0.05, 0) is 18.2 Å². The number of aliphatic imine (C=N–C) groups is 1. The van der Waals surface area contributed by atoms with Crippen molar-refractivity contribution in [3.05, 3.63) is 66.5 Å². The molecule has 5 nitrogen and oxygen atoms in total. The highest BCUT2D eigenvalue weighted by molar-refractivity contribution is 7.99. The van der Waals surface area contributed by atoms with Gasteiger partial charge in [0.05, 0.1) is 25.5 Å². The standard InChI is InChI=1S/C21H23N3O2S/c25-14-16-26-15-13-23-9-11-24(12-10-23)21-17-5-1-3-7-19(17)27-20-8-4-2-6-18(20)22-21/h1-9,11,25H,10,12-16H2. The maximum atomic E-state index is 8.78. The molecule has 2 aliphatic heterocycles. The van der Waals surface area contributed by atoms with Crippen LogP contribution in [0.5, 0.6) is 0 Å². The minimum atomic E-state index is 0.0718. The first-order valence-corrected chi connectivity index (χ1v) is 9.99. The summed E-state index contributed by atoms with van der Waals surface area (Å²) in [6.45, 7) is 3.70. The van der Waals surface area contributed by atoms with Gasteiger partial charge < -0.3 is 19.6 Å². The molecule has 27 heavy (non-hydrogen) atoms. The van der Waals surface area contributed by atoms with E-state index in [1.165, 1.54) is 15.4 Å². The third-order valence-electron chi connectivity index (χ3n) is 4.56. The number of hydrogen-bond acceptors (Lipinski definition) is 6. The Hall–Kier alpha value is -2.28. The van der Waals surface area contributed by atoms with Crippen LogP contribution in [0.3, 0.4) is 0 Å². The summed E-state index contributed by atoms with van der Waals surface area (Å²) in [5.41, 5.74) is 2.19. The largest absolute Gasteiger partial charge is 0.394 e. The van der Waals surface area contributed by atoms with Gasteiger partial charge in [0.25, 0.3) is 0 Å². The average molecular weight is 382 g/mol. The summed E-state index contributed by atoms with van der Waals surface area (Å²) in [5.74, 6) is 0.996. The first-order valence-electron chi connectivity index (χ1n) is 9.18. The van der Waals surface area contributed by atoms with E-state index in [0.29, 0.717) is 13.2 Å². The minimum Gasteiger partial charge on any atom is -0.394 e. The Kier molecular flexibility index (Phi) is 5.77. The SMILES string of the molecule is OCCOCCN1C=CN(C2=Nc3ccccc3Sc3ccccc32)CC1. The maximum absolute atomic E-state index is 8.78. The molecule has 0 amide bonds. The lowest BCUT2D eigenvalue weighted by molar-refractivity contribution is 0.0799. The second-order valence-corrected chi connectivity index (χ2v) is 7.45. The van der Waals surface area contributed by atoms with E-state index in [2.05, 4.69) is 64.7 Å². The van der Waals surface area contributed by atoms with Crippen LogP contribution in [0.15, 0.2) is 75.7 Å². The van der Waals surface area contributed by atoms with Gasteiger partial charge in [0, 0.05) is 47.4 Å². The Bertz CT molecular complexity index is 853. The third kappa shape index (κ3) is 4.18. The normalized spacial score (nSPS) is 15.8. The number of benzene rings is 2. The van der Waals surface area contributed by atoms with Crippen LogP contribution >= 0.6 is 11.8 Å². The van der Waals surface area contributed by atoms with Crippen molar-refractivity contribution in [2.45, 2.75) is 9.79 Å². The lowest BCUT2D eigenvalue weighted by Gasteiger charge is -2.32. The van der Waals surface area contributed by atoms with E-state index in [-0.39, 0.29) is 6.61 Å². The number of aliphatic hydroxyl groups excluding tert-OH is 1. The molecule has 0 atom stereocenters. The monoisotopic (exact) mass is 381 g/mol. The van der Waals surface area contributed by atoms with Crippen molar-refractivity contribution in [3.8, 4) is 0 Å². The molecule has 0 aromatic heterocycles. The topological polar surface area (TPSA) is 48.3 Å². The second kappa shape index (κ2) is 8.61. The van der Waals surface area contributed by atoms with E-state index in [1.54, 1.807) is 11.8 Å². The lowest BCUT2D eigenvalue weighted by atomic mass is 10.1. The number of ether oxygens (including phenoxy) is 1. The van der Waals surface area contributed by atoms with Crippen molar-refractivity contribution >= 4 is 23.3 Å². The molecule has 2 aliphatic rings. The summed E-state index contributed by atoms with van der Waals surface area (Å²) in [6, 6.07) is 16.8. The van der Waals surface area contributed by atoms with Crippen molar-refractivity contribution < 1.29 is 9.84 Å². The van der Waals surface area contributed by atoms with Crippen LogP contribution in [-0.4, -0.2) is 60.2 Å². The van der Waals surface area contributed by atoms with E-state index in [0.717, 1.165) is 31.2 Å². The number of amidine groups is 1. The van der Waals surface area contributed by atoms with Crippen molar-refractivity contribution in [3.63, 3.8) is 0 Å². The van der Waals surface area contributed by atoms with Crippen LogP contribution in [-0.2, 0) is 4.74 Å². The molecule has 2 aromatic rings. The van der Waals surface area contributed by atoms with Crippen molar-refractivity contribution in [1.29, 1.82) is 0 Å². The molecule has 0 bridgehead atoms. The fraction of sp³-hybridized carbons (Fsp3) is 0.286. The Morgan fingerprint density at radius 2 is 1.78 bits per heavy atom. The van der Waals surface area contributed by atoms with Crippen LogP contribution < -0.4 is 0 Å². The van der Waals surface area contributed by atoms with Crippen LogP contribution in [0.4, 0.5) is 5.69 Å². The van der Waals surface area contributed by atoms with Gasteiger partial charge in [-0.2, -0.15) is 0 Å². The molecule has 0 radical (unpaired) electrons. The van der Waals surface area contributed by atoms with Crippen LogP contribution in [0.25, 0.3) is 0 Å². The fourth-order valence-electron chi connectivity index (χ4n) is 3.16. The first-order chi connectivity index (χ1) is 13.3. The number of fused-ring (bicyclic) bond motifs is 2.